The maximum atomic E-state index is 9.78. The van der Waals surface area contributed by atoms with Crippen LogP contribution < -0.4 is 9.80 Å². The molecule has 11 aromatic carbocycles. The molecule has 0 fully saturated rings. The molecule has 0 aliphatic heterocycles. The number of hydrogen-bond donors (Lipinski definition) is 0. The van der Waals surface area contributed by atoms with Crippen molar-refractivity contribution in [1.82, 2.24) is 9.13 Å². The van der Waals surface area contributed by atoms with Crippen LogP contribution in [0, 0.1) is 22.7 Å². The Morgan fingerprint density at radius 3 is 1.04 bits per heavy atom. The molecule has 2 aromatic heterocycles. The Bertz CT molecular complexity index is 4000. The fourth-order valence-corrected chi connectivity index (χ4v) is 10.6. The van der Waals surface area contributed by atoms with Crippen molar-refractivity contribution in [2.24, 2.45) is 0 Å². The predicted octanol–water partition coefficient (Wildman–Crippen LogP) is 17.9. The largest absolute Gasteiger partial charge is 0.310 e. The molecule has 0 bridgehead atoms. The van der Waals surface area contributed by atoms with Gasteiger partial charge in [0.1, 0.15) is 0 Å². The molecule has 2 heterocycles. The Labute approximate surface area is 428 Å². The topological polar surface area (TPSA) is 63.9 Å². The third-order valence-electron chi connectivity index (χ3n) is 14.1. The van der Waals surface area contributed by atoms with Gasteiger partial charge < -0.3 is 18.9 Å². The molecule has 6 heteroatoms. The molecular weight excluding hydrogens is 901 g/mol. The summed E-state index contributed by atoms with van der Waals surface area (Å²) in [7, 11) is 0. The highest BCUT2D eigenvalue weighted by Gasteiger charge is 2.22. The molecule has 0 radical (unpaired) electrons. The molecular formula is C68H44N6. The molecule has 0 aliphatic rings. The van der Waals surface area contributed by atoms with Gasteiger partial charge in [0.25, 0.3) is 0 Å². The fourth-order valence-electron chi connectivity index (χ4n) is 10.6. The fraction of sp³-hybridized carbons (Fsp3) is 0. The number of fused-ring (bicyclic) bond motifs is 4. The summed E-state index contributed by atoms with van der Waals surface area (Å²) in [6.07, 6.45) is 0. The van der Waals surface area contributed by atoms with E-state index in [1.54, 1.807) is 0 Å². The summed E-state index contributed by atoms with van der Waals surface area (Å²) >= 11 is 0. The van der Waals surface area contributed by atoms with Crippen molar-refractivity contribution in [3.63, 3.8) is 0 Å². The van der Waals surface area contributed by atoms with Crippen molar-refractivity contribution in [3.05, 3.63) is 278 Å². The molecule has 346 valence electrons. The Morgan fingerprint density at radius 1 is 0.297 bits per heavy atom. The second-order valence-electron chi connectivity index (χ2n) is 18.4. The standard InChI is InChI=1S/C68H44N6/c69-45-47-25-29-51(30-26-47)65-41-53-44-68-54(43-67(53)73(65)59-37-33-57(34-38-59)71(55-17-3-1-4-18-55)63-23-11-15-49-13-7-9-21-61(49)63)42-66(52-31-27-48(46-70)28-32-52)74(68)60-39-35-58(36-40-60)72(56-19-5-2-6-20-56)64-24-12-16-50-14-8-10-22-62(50)64/h1-44H. The van der Waals surface area contributed by atoms with Crippen molar-refractivity contribution in [3.8, 4) is 46.0 Å². The zero-order valence-corrected chi connectivity index (χ0v) is 40.1. The summed E-state index contributed by atoms with van der Waals surface area (Å²) in [6, 6.07) is 98.2. The van der Waals surface area contributed by atoms with Crippen molar-refractivity contribution in [2.75, 3.05) is 9.80 Å². The van der Waals surface area contributed by atoms with E-state index in [4.69, 9.17) is 0 Å². The van der Waals surface area contributed by atoms with Crippen LogP contribution in [0.4, 0.5) is 34.1 Å². The van der Waals surface area contributed by atoms with Gasteiger partial charge in [-0.2, -0.15) is 10.5 Å². The lowest BCUT2D eigenvalue weighted by molar-refractivity contribution is 1.13. The number of hydrogen-bond acceptors (Lipinski definition) is 4. The third kappa shape index (κ3) is 7.68. The lowest BCUT2D eigenvalue weighted by atomic mass is 10.1. The molecule has 0 saturated heterocycles. The van der Waals surface area contributed by atoms with E-state index in [0.717, 1.165) is 89.8 Å². The first-order chi connectivity index (χ1) is 36.6. The van der Waals surface area contributed by atoms with Crippen molar-refractivity contribution >= 4 is 77.5 Å². The highest BCUT2D eigenvalue weighted by atomic mass is 15.2. The predicted molar refractivity (Wildman–Crippen MR) is 305 cm³/mol. The second-order valence-corrected chi connectivity index (χ2v) is 18.4. The van der Waals surface area contributed by atoms with Gasteiger partial charge in [-0.3, -0.25) is 0 Å². The highest BCUT2D eigenvalue weighted by molar-refractivity contribution is 6.04. The van der Waals surface area contributed by atoms with Gasteiger partial charge >= 0.3 is 0 Å². The summed E-state index contributed by atoms with van der Waals surface area (Å²) in [5.41, 5.74) is 15.8. The minimum absolute atomic E-state index is 0.611. The van der Waals surface area contributed by atoms with Gasteiger partial charge in [0.15, 0.2) is 0 Å². The number of para-hydroxylation sites is 2. The van der Waals surface area contributed by atoms with E-state index >= 15 is 0 Å². The molecule has 0 atom stereocenters. The summed E-state index contributed by atoms with van der Waals surface area (Å²) in [5.74, 6) is 0. The van der Waals surface area contributed by atoms with Gasteiger partial charge in [0, 0.05) is 55.7 Å². The van der Waals surface area contributed by atoms with Crippen LogP contribution in [0.15, 0.2) is 267 Å². The Balaban J connectivity index is 0.979. The van der Waals surface area contributed by atoms with E-state index in [9.17, 15) is 10.5 Å². The summed E-state index contributed by atoms with van der Waals surface area (Å²) in [5, 5.41) is 26.4. The van der Waals surface area contributed by atoms with E-state index < -0.39 is 0 Å². The van der Waals surface area contributed by atoms with E-state index in [0.29, 0.717) is 11.1 Å². The van der Waals surface area contributed by atoms with Gasteiger partial charge in [-0.15, -0.1) is 0 Å². The van der Waals surface area contributed by atoms with Crippen molar-refractivity contribution < 1.29 is 0 Å². The molecule has 0 N–H and O–H groups in total. The molecule has 13 aromatic rings. The average molecular weight is 945 g/mol. The maximum absolute atomic E-state index is 9.78. The Morgan fingerprint density at radius 2 is 0.649 bits per heavy atom. The SMILES string of the molecule is N#Cc1ccc(-c2cc3cc4c(cc(-c5ccc(C#N)cc5)n4-c4ccc(N(c5ccccc5)c5cccc6ccccc56)cc4)cc3n2-c2ccc(N(c3ccccc3)c3cccc4ccccc34)cc2)cc1. The number of rotatable bonds is 10. The van der Waals surface area contributed by atoms with Crippen molar-refractivity contribution in [1.29, 1.82) is 10.5 Å². The third-order valence-corrected chi connectivity index (χ3v) is 14.1. The lowest BCUT2D eigenvalue weighted by Crippen LogP contribution is -2.10. The molecule has 74 heavy (non-hydrogen) atoms. The first-order valence-corrected chi connectivity index (χ1v) is 24.7. The number of nitriles is 2. The van der Waals surface area contributed by atoms with Crippen LogP contribution >= 0.6 is 0 Å². The van der Waals surface area contributed by atoms with Crippen LogP contribution in [0.1, 0.15) is 11.1 Å². The van der Waals surface area contributed by atoms with Crippen LogP contribution in [0.3, 0.4) is 0 Å². The van der Waals surface area contributed by atoms with Gasteiger partial charge in [0.2, 0.25) is 0 Å². The lowest BCUT2D eigenvalue weighted by Gasteiger charge is -2.27. The van der Waals surface area contributed by atoms with Gasteiger partial charge in [-0.05, 0) is 155 Å². The van der Waals surface area contributed by atoms with Crippen molar-refractivity contribution in [2.45, 2.75) is 0 Å². The van der Waals surface area contributed by atoms with E-state index in [1.165, 1.54) is 21.5 Å². The Hall–Kier alpha value is -10.4. The average Bonchev–Trinajstić information content (AvgIpc) is 4.04. The monoisotopic (exact) mass is 944 g/mol. The summed E-state index contributed by atoms with van der Waals surface area (Å²) in [4.78, 5) is 4.65. The first kappa shape index (κ1) is 43.6. The van der Waals surface area contributed by atoms with Crippen LogP contribution in [-0.2, 0) is 0 Å². The Kier molecular flexibility index (Phi) is 10.8. The van der Waals surface area contributed by atoms with Crippen LogP contribution in [0.5, 0.6) is 0 Å². The van der Waals surface area contributed by atoms with Gasteiger partial charge in [0.05, 0.1) is 57.1 Å². The normalized spacial score (nSPS) is 11.2. The van der Waals surface area contributed by atoms with E-state index in [2.05, 4.69) is 249 Å². The minimum Gasteiger partial charge on any atom is -0.310 e. The minimum atomic E-state index is 0.611. The summed E-state index contributed by atoms with van der Waals surface area (Å²) in [6.45, 7) is 0. The van der Waals surface area contributed by atoms with E-state index in [-0.39, 0.29) is 0 Å². The quantitative estimate of drug-likeness (QED) is 0.137. The molecule has 13 rings (SSSR count). The number of benzene rings is 11. The second kappa shape index (κ2) is 18.4. The highest BCUT2D eigenvalue weighted by Crippen LogP contribution is 2.43. The molecule has 0 aliphatic carbocycles. The zero-order valence-electron chi connectivity index (χ0n) is 40.1. The summed E-state index contributed by atoms with van der Waals surface area (Å²) < 4.78 is 4.67. The molecule has 0 unspecified atom stereocenters. The number of aromatic nitrogens is 2. The van der Waals surface area contributed by atoms with Gasteiger partial charge in [-0.1, -0.05) is 133 Å². The van der Waals surface area contributed by atoms with Gasteiger partial charge in [-0.25, -0.2) is 0 Å². The molecule has 0 amide bonds. The van der Waals surface area contributed by atoms with Crippen LogP contribution in [-0.4, -0.2) is 9.13 Å². The number of anilines is 6. The van der Waals surface area contributed by atoms with Crippen LogP contribution in [0.25, 0.3) is 77.2 Å². The maximum Gasteiger partial charge on any atom is 0.0991 e. The first-order valence-electron chi connectivity index (χ1n) is 24.7. The van der Waals surface area contributed by atoms with Crippen LogP contribution in [0.2, 0.25) is 0 Å². The zero-order chi connectivity index (χ0) is 49.5. The number of nitrogens with zero attached hydrogens (tertiary/aromatic N) is 6. The molecule has 0 spiro atoms. The molecule has 6 nitrogen and oxygen atoms in total. The molecule has 0 saturated carbocycles. The smallest absolute Gasteiger partial charge is 0.0991 e. The van der Waals surface area contributed by atoms with E-state index in [1.807, 2.05) is 48.5 Å².